The van der Waals surface area contributed by atoms with E-state index in [0.717, 1.165) is 24.8 Å². The zero-order chi connectivity index (χ0) is 15.8. The Morgan fingerprint density at radius 3 is 2.77 bits per heavy atom. The number of nitrogens with one attached hydrogen (secondary N) is 2. The van der Waals surface area contributed by atoms with E-state index in [4.69, 9.17) is 4.42 Å². The number of guanidine groups is 1. The molecule has 2 aromatic rings. The maximum Gasteiger partial charge on any atom is 0.191 e. The molecule has 6 heteroatoms. The van der Waals surface area contributed by atoms with E-state index < -0.39 is 0 Å². The van der Waals surface area contributed by atoms with Gasteiger partial charge >= 0.3 is 0 Å². The summed E-state index contributed by atoms with van der Waals surface area (Å²) in [6.45, 7) is 4.33. The van der Waals surface area contributed by atoms with Crippen molar-refractivity contribution in [2.24, 2.45) is 4.99 Å². The Labute approximate surface area is 136 Å². The fourth-order valence-corrected chi connectivity index (χ4v) is 2.74. The Morgan fingerprint density at radius 1 is 1.32 bits per heavy atom. The third-order valence-corrected chi connectivity index (χ3v) is 4.14. The molecule has 1 unspecified atom stereocenters. The Morgan fingerprint density at radius 2 is 2.18 bits per heavy atom. The van der Waals surface area contributed by atoms with E-state index in [1.165, 1.54) is 4.88 Å². The van der Waals surface area contributed by atoms with Crippen molar-refractivity contribution in [3.63, 3.8) is 0 Å². The van der Waals surface area contributed by atoms with Crippen LogP contribution in [0, 0.1) is 0 Å². The van der Waals surface area contributed by atoms with Crippen LogP contribution < -0.4 is 10.6 Å². The fraction of sp³-hybridized carbons (Fsp3) is 0.438. The van der Waals surface area contributed by atoms with Crippen molar-refractivity contribution in [2.75, 3.05) is 27.2 Å². The lowest BCUT2D eigenvalue weighted by atomic mass is 10.2. The molecule has 0 aliphatic heterocycles. The zero-order valence-corrected chi connectivity index (χ0v) is 14.2. The van der Waals surface area contributed by atoms with Gasteiger partial charge in [-0.25, -0.2) is 4.99 Å². The minimum absolute atomic E-state index is 0.167. The summed E-state index contributed by atoms with van der Waals surface area (Å²) in [6.07, 6.45) is 1.71. The van der Waals surface area contributed by atoms with Gasteiger partial charge in [-0.1, -0.05) is 6.07 Å². The molecule has 5 nitrogen and oxygen atoms in total. The molecule has 0 amide bonds. The predicted molar refractivity (Wildman–Crippen MR) is 92.3 cm³/mol. The summed E-state index contributed by atoms with van der Waals surface area (Å²) in [7, 11) is 4.09. The van der Waals surface area contributed by atoms with Gasteiger partial charge in [0.25, 0.3) is 0 Å². The van der Waals surface area contributed by atoms with Gasteiger partial charge in [0.15, 0.2) is 5.96 Å². The molecule has 0 aliphatic rings. The van der Waals surface area contributed by atoms with Crippen LogP contribution in [0.15, 0.2) is 45.3 Å². The van der Waals surface area contributed by atoms with Gasteiger partial charge in [0.05, 0.1) is 18.8 Å². The Bertz CT molecular complexity index is 549. The van der Waals surface area contributed by atoms with Crippen molar-refractivity contribution in [3.05, 3.63) is 46.5 Å². The molecule has 0 spiro atoms. The van der Waals surface area contributed by atoms with Crippen LogP contribution in [0.25, 0.3) is 0 Å². The zero-order valence-electron chi connectivity index (χ0n) is 13.4. The summed E-state index contributed by atoms with van der Waals surface area (Å²) in [4.78, 5) is 8.01. The van der Waals surface area contributed by atoms with Crippen LogP contribution in [0.3, 0.4) is 0 Å². The highest BCUT2D eigenvalue weighted by Crippen LogP contribution is 2.17. The summed E-state index contributed by atoms with van der Waals surface area (Å²) >= 11 is 1.72. The van der Waals surface area contributed by atoms with Gasteiger partial charge in [0.2, 0.25) is 0 Å². The first kappa shape index (κ1) is 16.6. The molecule has 2 aromatic heterocycles. The molecular formula is C16H24N4OS. The second-order valence-electron chi connectivity index (χ2n) is 5.15. The second-order valence-corrected chi connectivity index (χ2v) is 6.18. The van der Waals surface area contributed by atoms with Crippen LogP contribution >= 0.6 is 11.3 Å². The lowest BCUT2D eigenvalue weighted by molar-refractivity contribution is 0.258. The topological polar surface area (TPSA) is 52.8 Å². The van der Waals surface area contributed by atoms with Crippen molar-refractivity contribution < 1.29 is 4.42 Å². The Balaban J connectivity index is 1.96. The van der Waals surface area contributed by atoms with Crippen molar-refractivity contribution in [3.8, 4) is 0 Å². The van der Waals surface area contributed by atoms with Crippen LogP contribution in [0.5, 0.6) is 0 Å². The van der Waals surface area contributed by atoms with E-state index in [1.807, 2.05) is 26.2 Å². The van der Waals surface area contributed by atoms with Crippen LogP contribution in [0.2, 0.25) is 0 Å². The maximum absolute atomic E-state index is 5.53. The third-order valence-electron chi connectivity index (χ3n) is 3.28. The average molecular weight is 320 g/mol. The maximum atomic E-state index is 5.53. The quantitative estimate of drug-likeness (QED) is 0.608. The third kappa shape index (κ3) is 4.89. The number of rotatable bonds is 7. The summed E-state index contributed by atoms with van der Waals surface area (Å²) in [6, 6.07) is 8.24. The van der Waals surface area contributed by atoms with Gasteiger partial charge < -0.3 is 15.1 Å². The van der Waals surface area contributed by atoms with E-state index in [0.29, 0.717) is 6.54 Å². The van der Waals surface area contributed by atoms with Crippen molar-refractivity contribution in [1.29, 1.82) is 0 Å². The minimum atomic E-state index is 0.167. The second kappa shape index (κ2) is 8.60. The lowest BCUT2D eigenvalue weighted by Gasteiger charge is -2.23. The Kier molecular flexibility index (Phi) is 6.48. The number of thiophene rings is 1. The van der Waals surface area contributed by atoms with Gasteiger partial charge in [-0.05, 0) is 44.6 Å². The molecule has 1 atom stereocenters. The standard InChI is InChI=1S/C16H24N4OS/c1-4-17-16(18-11-13-7-6-10-22-13)19-12-14(20(2)3)15-8-5-9-21-15/h5-10,14H,4,11-12H2,1-3H3,(H2,17,18,19). The smallest absolute Gasteiger partial charge is 0.191 e. The highest BCUT2D eigenvalue weighted by Gasteiger charge is 2.17. The van der Waals surface area contributed by atoms with E-state index >= 15 is 0 Å². The first-order valence-electron chi connectivity index (χ1n) is 7.45. The molecule has 0 saturated heterocycles. The van der Waals surface area contributed by atoms with Crippen LogP contribution in [0.1, 0.15) is 23.6 Å². The van der Waals surface area contributed by atoms with Gasteiger partial charge in [0.1, 0.15) is 5.76 Å². The number of furan rings is 1. The minimum Gasteiger partial charge on any atom is -0.468 e. The van der Waals surface area contributed by atoms with E-state index in [1.54, 1.807) is 17.6 Å². The van der Waals surface area contributed by atoms with Crippen LogP contribution in [-0.4, -0.2) is 38.0 Å². The number of hydrogen-bond donors (Lipinski definition) is 2. The molecule has 2 N–H and O–H groups in total. The van der Waals surface area contributed by atoms with Gasteiger partial charge in [-0.15, -0.1) is 11.3 Å². The molecule has 0 bridgehead atoms. The molecule has 0 fully saturated rings. The average Bonchev–Trinajstić information content (AvgIpc) is 3.18. The molecule has 0 radical (unpaired) electrons. The SMILES string of the molecule is CCNC(=NCc1cccs1)NCC(c1ccco1)N(C)C. The van der Waals surface area contributed by atoms with E-state index in [9.17, 15) is 0 Å². The molecule has 0 aliphatic carbocycles. The lowest BCUT2D eigenvalue weighted by Crippen LogP contribution is -2.41. The van der Waals surface area contributed by atoms with Gasteiger partial charge in [0, 0.05) is 18.0 Å². The van der Waals surface area contributed by atoms with E-state index in [2.05, 4.69) is 45.0 Å². The molecule has 2 rings (SSSR count). The summed E-state index contributed by atoms with van der Waals surface area (Å²) in [5.41, 5.74) is 0. The predicted octanol–water partition coefficient (Wildman–Crippen LogP) is 2.70. The Hall–Kier alpha value is -1.79. The van der Waals surface area contributed by atoms with Crippen molar-refractivity contribution >= 4 is 17.3 Å². The molecule has 0 aromatic carbocycles. The summed E-state index contributed by atoms with van der Waals surface area (Å²) < 4.78 is 5.53. The normalized spacial score (nSPS) is 13.4. The van der Waals surface area contributed by atoms with Crippen molar-refractivity contribution in [2.45, 2.75) is 19.5 Å². The largest absolute Gasteiger partial charge is 0.468 e. The summed E-state index contributed by atoms with van der Waals surface area (Å²) in [5, 5.41) is 8.75. The number of hydrogen-bond acceptors (Lipinski definition) is 4. The molecule has 0 saturated carbocycles. The molecular weight excluding hydrogens is 296 g/mol. The molecule has 2 heterocycles. The van der Waals surface area contributed by atoms with Crippen LogP contribution in [0.4, 0.5) is 0 Å². The van der Waals surface area contributed by atoms with E-state index in [-0.39, 0.29) is 6.04 Å². The van der Waals surface area contributed by atoms with Gasteiger partial charge in [-0.3, -0.25) is 4.90 Å². The first-order chi connectivity index (χ1) is 10.7. The van der Waals surface area contributed by atoms with Crippen LogP contribution in [-0.2, 0) is 6.54 Å². The van der Waals surface area contributed by atoms with Crippen molar-refractivity contribution in [1.82, 2.24) is 15.5 Å². The number of likely N-dealkylation sites (N-methyl/N-ethyl adjacent to an activating group) is 1. The molecule has 22 heavy (non-hydrogen) atoms. The molecule has 120 valence electrons. The highest BCUT2D eigenvalue weighted by atomic mass is 32.1. The summed E-state index contributed by atoms with van der Waals surface area (Å²) in [5.74, 6) is 1.78. The first-order valence-corrected chi connectivity index (χ1v) is 8.33. The number of aliphatic imine (C=N–C) groups is 1. The van der Waals surface area contributed by atoms with Gasteiger partial charge in [-0.2, -0.15) is 0 Å². The fourth-order valence-electron chi connectivity index (χ4n) is 2.11. The number of nitrogens with zero attached hydrogens (tertiary/aromatic N) is 2. The monoisotopic (exact) mass is 320 g/mol. The highest BCUT2D eigenvalue weighted by molar-refractivity contribution is 7.09.